The fourth-order valence-electron chi connectivity index (χ4n) is 3.48. The molecule has 0 aliphatic heterocycles. The van der Waals surface area contributed by atoms with Crippen molar-refractivity contribution in [1.82, 2.24) is 5.32 Å². The third-order valence-corrected chi connectivity index (χ3v) is 4.56. The second-order valence-corrected chi connectivity index (χ2v) is 9.27. The minimum Gasteiger partial charge on any atom is -0.493 e. The topological polar surface area (TPSA) is 30.5 Å². The molecular weight excluding hydrogens is 358 g/mol. The Kier molecular flexibility index (Phi) is 7.19. The molecule has 3 nitrogen and oxygen atoms in total. The first-order valence-electron chi connectivity index (χ1n) is 9.38. The number of nitrogens with one attached hydrogen (secondary N) is 1. The minimum absolute atomic E-state index is 0.0226. The molecule has 0 bridgehead atoms. The van der Waals surface area contributed by atoms with Crippen molar-refractivity contribution in [3.63, 3.8) is 0 Å². The molecule has 27 heavy (non-hydrogen) atoms. The van der Waals surface area contributed by atoms with Gasteiger partial charge < -0.3 is 14.8 Å². The summed E-state index contributed by atoms with van der Waals surface area (Å²) in [6, 6.07) is 13.7. The van der Waals surface area contributed by atoms with Crippen LogP contribution in [-0.2, 0) is 13.2 Å². The molecular formula is C23H32ClNO2. The Morgan fingerprint density at radius 3 is 2.22 bits per heavy atom. The standard InChI is InChI=1S/C23H32ClNO2/c1-22(2,3)16-23(4,5)25-14-18-8-7-9-20(26-6)21(18)27-15-17-10-12-19(24)13-11-17/h7-13,25H,14-16H2,1-6H3. The van der Waals surface area contributed by atoms with Crippen molar-refractivity contribution in [3.8, 4) is 11.5 Å². The highest BCUT2D eigenvalue weighted by atomic mass is 35.5. The molecule has 4 heteroatoms. The van der Waals surface area contributed by atoms with Crippen molar-refractivity contribution in [2.24, 2.45) is 5.41 Å². The summed E-state index contributed by atoms with van der Waals surface area (Å²) in [4.78, 5) is 0. The van der Waals surface area contributed by atoms with Gasteiger partial charge in [-0.25, -0.2) is 0 Å². The normalized spacial score (nSPS) is 12.1. The molecule has 0 saturated carbocycles. The number of rotatable bonds is 8. The average Bonchev–Trinajstić information content (AvgIpc) is 2.57. The van der Waals surface area contributed by atoms with Gasteiger partial charge in [-0.2, -0.15) is 0 Å². The van der Waals surface area contributed by atoms with Gasteiger partial charge in [0, 0.05) is 22.7 Å². The summed E-state index contributed by atoms with van der Waals surface area (Å²) < 4.78 is 11.7. The number of halogens is 1. The third-order valence-electron chi connectivity index (χ3n) is 4.31. The number of ether oxygens (including phenoxy) is 2. The highest BCUT2D eigenvalue weighted by Crippen LogP contribution is 2.33. The predicted molar refractivity (Wildman–Crippen MR) is 114 cm³/mol. The molecule has 2 rings (SSSR count). The summed E-state index contributed by atoms with van der Waals surface area (Å²) in [5, 5.41) is 4.40. The zero-order chi connectivity index (χ0) is 20.1. The van der Waals surface area contributed by atoms with E-state index >= 15 is 0 Å². The lowest BCUT2D eigenvalue weighted by Gasteiger charge is -2.33. The number of hydrogen-bond donors (Lipinski definition) is 1. The van der Waals surface area contributed by atoms with Crippen LogP contribution in [0.3, 0.4) is 0 Å². The molecule has 0 fully saturated rings. The average molecular weight is 390 g/mol. The van der Waals surface area contributed by atoms with Crippen LogP contribution >= 0.6 is 11.6 Å². The molecule has 0 unspecified atom stereocenters. The summed E-state index contributed by atoms with van der Waals surface area (Å²) in [6.07, 6.45) is 1.07. The van der Waals surface area contributed by atoms with Crippen LogP contribution in [0.1, 0.15) is 52.2 Å². The maximum absolute atomic E-state index is 6.14. The zero-order valence-corrected chi connectivity index (χ0v) is 18.1. The quantitative estimate of drug-likeness (QED) is 0.580. The highest BCUT2D eigenvalue weighted by molar-refractivity contribution is 6.30. The van der Waals surface area contributed by atoms with Crippen LogP contribution in [0.4, 0.5) is 0 Å². The van der Waals surface area contributed by atoms with Crippen molar-refractivity contribution in [3.05, 3.63) is 58.6 Å². The molecule has 2 aromatic rings. The Balaban J connectivity index is 2.13. The van der Waals surface area contributed by atoms with E-state index in [1.54, 1.807) is 7.11 Å². The minimum atomic E-state index is 0.0226. The van der Waals surface area contributed by atoms with Gasteiger partial charge in [0.05, 0.1) is 7.11 Å². The van der Waals surface area contributed by atoms with Crippen LogP contribution in [0.25, 0.3) is 0 Å². The summed E-state index contributed by atoms with van der Waals surface area (Å²) in [5.74, 6) is 1.53. The Morgan fingerprint density at radius 1 is 0.963 bits per heavy atom. The summed E-state index contributed by atoms with van der Waals surface area (Å²) in [5.41, 5.74) is 2.44. The largest absolute Gasteiger partial charge is 0.493 e. The Labute approximate surface area is 169 Å². The lowest BCUT2D eigenvalue weighted by molar-refractivity contribution is 0.237. The second kappa shape index (κ2) is 8.99. The van der Waals surface area contributed by atoms with Gasteiger partial charge in [-0.1, -0.05) is 56.6 Å². The summed E-state index contributed by atoms with van der Waals surface area (Å²) >= 11 is 5.96. The van der Waals surface area contributed by atoms with E-state index in [-0.39, 0.29) is 11.0 Å². The van der Waals surface area contributed by atoms with E-state index in [1.807, 2.05) is 36.4 Å². The van der Waals surface area contributed by atoms with E-state index in [0.29, 0.717) is 6.61 Å². The van der Waals surface area contributed by atoms with Crippen molar-refractivity contribution in [2.75, 3.05) is 7.11 Å². The van der Waals surface area contributed by atoms with Gasteiger partial charge in [0.1, 0.15) is 6.61 Å². The van der Waals surface area contributed by atoms with E-state index < -0.39 is 0 Å². The van der Waals surface area contributed by atoms with E-state index in [2.05, 4.69) is 46.0 Å². The van der Waals surface area contributed by atoms with E-state index in [1.165, 1.54) is 0 Å². The Hall–Kier alpha value is -1.71. The second-order valence-electron chi connectivity index (χ2n) is 8.84. The number of para-hydroxylation sites is 1. The van der Waals surface area contributed by atoms with Crippen LogP contribution in [0.5, 0.6) is 11.5 Å². The smallest absolute Gasteiger partial charge is 0.166 e. The van der Waals surface area contributed by atoms with E-state index in [0.717, 1.165) is 40.6 Å². The molecule has 0 aliphatic carbocycles. The van der Waals surface area contributed by atoms with E-state index in [9.17, 15) is 0 Å². The fraction of sp³-hybridized carbons (Fsp3) is 0.478. The molecule has 1 N–H and O–H groups in total. The van der Waals surface area contributed by atoms with Crippen molar-refractivity contribution in [2.45, 2.75) is 59.7 Å². The van der Waals surface area contributed by atoms with Crippen molar-refractivity contribution >= 4 is 11.6 Å². The van der Waals surface area contributed by atoms with Gasteiger partial charge in [-0.3, -0.25) is 0 Å². The first kappa shape index (κ1) is 21.6. The maximum atomic E-state index is 6.14. The molecule has 2 aromatic carbocycles. The van der Waals surface area contributed by atoms with Gasteiger partial charge >= 0.3 is 0 Å². The molecule has 148 valence electrons. The molecule has 0 heterocycles. The number of methoxy groups -OCH3 is 1. The molecule has 0 saturated heterocycles. The Morgan fingerprint density at radius 2 is 1.63 bits per heavy atom. The first-order chi connectivity index (χ1) is 12.6. The lowest BCUT2D eigenvalue weighted by atomic mass is 9.82. The molecule has 0 aliphatic rings. The van der Waals surface area contributed by atoms with Crippen LogP contribution in [0.15, 0.2) is 42.5 Å². The monoisotopic (exact) mass is 389 g/mol. The van der Waals surface area contributed by atoms with Crippen molar-refractivity contribution in [1.29, 1.82) is 0 Å². The van der Waals surface area contributed by atoms with Gasteiger partial charge in [0.15, 0.2) is 11.5 Å². The van der Waals surface area contributed by atoms with Gasteiger partial charge in [0.2, 0.25) is 0 Å². The zero-order valence-electron chi connectivity index (χ0n) is 17.4. The Bertz CT molecular complexity index is 733. The van der Waals surface area contributed by atoms with Crippen molar-refractivity contribution < 1.29 is 9.47 Å². The molecule has 0 aromatic heterocycles. The van der Waals surface area contributed by atoms with Crippen LogP contribution in [0, 0.1) is 5.41 Å². The molecule has 0 atom stereocenters. The summed E-state index contributed by atoms with van der Waals surface area (Å²) in [6.45, 7) is 12.5. The highest BCUT2D eigenvalue weighted by Gasteiger charge is 2.25. The lowest BCUT2D eigenvalue weighted by Crippen LogP contribution is -2.41. The van der Waals surface area contributed by atoms with Crippen LogP contribution in [-0.4, -0.2) is 12.6 Å². The number of benzene rings is 2. The van der Waals surface area contributed by atoms with E-state index in [4.69, 9.17) is 21.1 Å². The fourth-order valence-corrected chi connectivity index (χ4v) is 3.61. The first-order valence-corrected chi connectivity index (χ1v) is 9.76. The van der Waals surface area contributed by atoms with Gasteiger partial charge in [-0.15, -0.1) is 0 Å². The SMILES string of the molecule is COc1cccc(CNC(C)(C)CC(C)(C)C)c1OCc1ccc(Cl)cc1. The molecule has 0 spiro atoms. The molecule has 0 radical (unpaired) electrons. The maximum Gasteiger partial charge on any atom is 0.166 e. The predicted octanol–water partition coefficient (Wildman–Crippen LogP) is 6.23. The van der Waals surface area contributed by atoms with Crippen LogP contribution in [0.2, 0.25) is 5.02 Å². The molecule has 0 amide bonds. The summed E-state index contributed by atoms with van der Waals surface area (Å²) in [7, 11) is 1.67. The van der Waals surface area contributed by atoms with Gasteiger partial charge in [-0.05, 0) is 49.4 Å². The van der Waals surface area contributed by atoms with Crippen LogP contribution < -0.4 is 14.8 Å². The number of hydrogen-bond acceptors (Lipinski definition) is 3. The van der Waals surface area contributed by atoms with Gasteiger partial charge in [0.25, 0.3) is 0 Å². The third kappa shape index (κ3) is 7.08.